The number of benzene rings is 2. The van der Waals surface area contributed by atoms with Gasteiger partial charge < -0.3 is 4.74 Å². The molecule has 0 spiro atoms. The molecule has 2 heterocycles. The summed E-state index contributed by atoms with van der Waals surface area (Å²) in [5, 5.41) is 2.56. The predicted molar refractivity (Wildman–Crippen MR) is 111 cm³/mol. The third-order valence-corrected chi connectivity index (χ3v) is 5.69. The standard InChI is InChI=1S/C22H19FN2O2S/c1-13-9-16(7-8-19(13)27-3)18-12-28-21-20(18)22(26)25(14(2)24-21)11-15-5-4-6-17(23)10-15/h4-10,12H,11H2,1-3H3. The van der Waals surface area contributed by atoms with Gasteiger partial charge in [0.2, 0.25) is 0 Å². The molecule has 6 heteroatoms. The SMILES string of the molecule is COc1ccc(-c2csc3nc(C)n(Cc4cccc(F)c4)c(=O)c23)cc1C. The number of fused-ring (bicyclic) bond motifs is 1. The molecule has 0 radical (unpaired) electrons. The van der Waals surface area contributed by atoms with E-state index in [0.717, 1.165) is 28.0 Å². The van der Waals surface area contributed by atoms with Gasteiger partial charge >= 0.3 is 0 Å². The molecular formula is C22H19FN2O2S. The summed E-state index contributed by atoms with van der Waals surface area (Å²) in [5.74, 6) is 1.10. The number of hydrogen-bond acceptors (Lipinski definition) is 4. The highest BCUT2D eigenvalue weighted by Crippen LogP contribution is 2.33. The molecule has 2 aromatic carbocycles. The minimum absolute atomic E-state index is 0.114. The summed E-state index contributed by atoms with van der Waals surface area (Å²) in [6.45, 7) is 4.06. The normalized spacial score (nSPS) is 11.1. The maximum atomic E-state index is 13.5. The molecule has 4 aromatic rings. The van der Waals surface area contributed by atoms with E-state index in [0.29, 0.717) is 16.0 Å². The van der Waals surface area contributed by atoms with Crippen molar-refractivity contribution in [3.63, 3.8) is 0 Å². The van der Waals surface area contributed by atoms with Gasteiger partial charge in [0.05, 0.1) is 19.0 Å². The number of halogens is 1. The Labute approximate surface area is 165 Å². The molecule has 0 aliphatic rings. The predicted octanol–water partition coefficient (Wildman–Crippen LogP) is 4.94. The number of aromatic nitrogens is 2. The molecule has 0 unspecified atom stereocenters. The maximum absolute atomic E-state index is 13.5. The van der Waals surface area contributed by atoms with Gasteiger partial charge in [0.1, 0.15) is 22.2 Å². The zero-order valence-electron chi connectivity index (χ0n) is 15.8. The summed E-state index contributed by atoms with van der Waals surface area (Å²) in [6.07, 6.45) is 0. The first-order chi connectivity index (χ1) is 13.5. The monoisotopic (exact) mass is 394 g/mol. The van der Waals surface area contributed by atoms with Crippen LogP contribution in [-0.4, -0.2) is 16.7 Å². The third kappa shape index (κ3) is 3.20. The van der Waals surface area contributed by atoms with Gasteiger partial charge in [-0.25, -0.2) is 9.37 Å². The van der Waals surface area contributed by atoms with Gasteiger partial charge in [0.15, 0.2) is 0 Å². The molecule has 0 saturated carbocycles. The Morgan fingerprint density at radius 3 is 2.71 bits per heavy atom. The number of thiophene rings is 1. The van der Waals surface area contributed by atoms with Crippen LogP contribution in [0.4, 0.5) is 4.39 Å². The molecule has 0 aliphatic carbocycles. The van der Waals surface area contributed by atoms with Crippen LogP contribution >= 0.6 is 11.3 Å². The van der Waals surface area contributed by atoms with Crippen molar-refractivity contribution in [1.29, 1.82) is 0 Å². The van der Waals surface area contributed by atoms with E-state index in [2.05, 4.69) is 4.98 Å². The molecule has 2 aromatic heterocycles. The van der Waals surface area contributed by atoms with Gasteiger partial charge in [0, 0.05) is 10.9 Å². The number of hydrogen-bond donors (Lipinski definition) is 0. The first-order valence-corrected chi connectivity index (χ1v) is 9.74. The van der Waals surface area contributed by atoms with Crippen LogP contribution in [0.1, 0.15) is 17.0 Å². The number of rotatable bonds is 4. The van der Waals surface area contributed by atoms with Crippen molar-refractivity contribution in [3.8, 4) is 16.9 Å². The summed E-state index contributed by atoms with van der Waals surface area (Å²) in [5.41, 5.74) is 3.42. The van der Waals surface area contributed by atoms with Gasteiger partial charge in [0.25, 0.3) is 5.56 Å². The molecular weight excluding hydrogens is 375 g/mol. The van der Waals surface area contributed by atoms with Crippen LogP contribution in [0, 0.1) is 19.7 Å². The second-order valence-corrected chi connectivity index (χ2v) is 7.55. The average molecular weight is 394 g/mol. The van der Waals surface area contributed by atoms with Crippen molar-refractivity contribution >= 4 is 21.6 Å². The number of methoxy groups -OCH3 is 1. The van der Waals surface area contributed by atoms with Gasteiger partial charge in [-0.1, -0.05) is 18.2 Å². The van der Waals surface area contributed by atoms with Gasteiger partial charge in [-0.3, -0.25) is 9.36 Å². The Morgan fingerprint density at radius 1 is 1.18 bits per heavy atom. The van der Waals surface area contributed by atoms with Crippen molar-refractivity contribution in [2.75, 3.05) is 7.11 Å². The lowest BCUT2D eigenvalue weighted by Crippen LogP contribution is -2.24. The highest BCUT2D eigenvalue weighted by Gasteiger charge is 2.16. The van der Waals surface area contributed by atoms with Crippen LogP contribution in [0.3, 0.4) is 0 Å². The highest BCUT2D eigenvalue weighted by atomic mass is 32.1. The molecule has 4 nitrogen and oxygen atoms in total. The molecule has 0 saturated heterocycles. The minimum atomic E-state index is -0.317. The van der Waals surface area contributed by atoms with Crippen molar-refractivity contribution in [1.82, 2.24) is 9.55 Å². The zero-order chi connectivity index (χ0) is 19.8. The molecule has 0 bridgehead atoms. The highest BCUT2D eigenvalue weighted by molar-refractivity contribution is 7.17. The van der Waals surface area contributed by atoms with Gasteiger partial charge in [-0.15, -0.1) is 11.3 Å². The van der Waals surface area contributed by atoms with Crippen molar-refractivity contribution in [2.24, 2.45) is 0 Å². The second kappa shape index (κ2) is 7.20. The fourth-order valence-corrected chi connectivity index (χ4v) is 4.37. The first kappa shape index (κ1) is 18.4. The smallest absolute Gasteiger partial charge is 0.263 e. The summed E-state index contributed by atoms with van der Waals surface area (Å²) in [6, 6.07) is 12.1. The van der Waals surface area contributed by atoms with Crippen LogP contribution in [-0.2, 0) is 6.54 Å². The molecule has 28 heavy (non-hydrogen) atoms. The zero-order valence-corrected chi connectivity index (χ0v) is 16.6. The lowest BCUT2D eigenvalue weighted by molar-refractivity contribution is 0.412. The van der Waals surface area contributed by atoms with E-state index in [1.165, 1.54) is 23.5 Å². The first-order valence-electron chi connectivity index (χ1n) is 8.86. The molecule has 0 N–H and O–H groups in total. The fourth-order valence-electron chi connectivity index (χ4n) is 3.39. The topological polar surface area (TPSA) is 44.1 Å². The number of nitrogens with zero attached hydrogens (tertiary/aromatic N) is 2. The summed E-state index contributed by atoms with van der Waals surface area (Å²) >= 11 is 1.45. The Hall–Kier alpha value is -2.99. The van der Waals surface area contributed by atoms with E-state index in [1.807, 2.05) is 30.5 Å². The molecule has 0 fully saturated rings. The van der Waals surface area contributed by atoms with Crippen LogP contribution in [0.25, 0.3) is 21.3 Å². The van der Waals surface area contributed by atoms with Crippen LogP contribution in [0.15, 0.2) is 52.6 Å². The quantitative estimate of drug-likeness (QED) is 0.493. The second-order valence-electron chi connectivity index (χ2n) is 6.69. The van der Waals surface area contributed by atoms with E-state index < -0.39 is 0 Å². The minimum Gasteiger partial charge on any atom is -0.496 e. The van der Waals surface area contributed by atoms with Crippen LogP contribution < -0.4 is 10.3 Å². The molecule has 142 valence electrons. The van der Waals surface area contributed by atoms with Gasteiger partial charge in [-0.05, 0) is 54.8 Å². The molecule has 0 amide bonds. The number of ether oxygens (including phenoxy) is 1. The lowest BCUT2D eigenvalue weighted by atomic mass is 10.0. The summed E-state index contributed by atoms with van der Waals surface area (Å²) in [7, 11) is 1.64. The molecule has 0 atom stereocenters. The molecule has 0 aliphatic heterocycles. The Bertz CT molecular complexity index is 1240. The maximum Gasteiger partial charge on any atom is 0.263 e. The van der Waals surface area contributed by atoms with Crippen LogP contribution in [0.2, 0.25) is 0 Å². The Balaban J connectivity index is 1.87. The van der Waals surface area contributed by atoms with E-state index in [9.17, 15) is 9.18 Å². The van der Waals surface area contributed by atoms with E-state index in [1.54, 1.807) is 30.7 Å². The Kier molecular flexibility index (Phi) is 4.73. The van der Waals surface area contributed by atoms with Crippen molar-refractivity contribution < 1.29 is 9.13 Å². The average Bonchev–Trinajstić information content (AvgIpc) is 3.09. The summed E-state index contributed by atoms with van der Waals surface area (Å²) < 4.78 is 20.5. The van der Waals surface area contributed by atoms with E-state index in [4.69, 9.17) is 4.74 Å². The molecule has 4 rings (SSSR count). The largest absolute Gasteiger partial charge is 0.496 e. The van der Waals surface area contributed by atoms with E-state index in [-0.39, 0.29) is 17.9 Å². The summed E-state index contributed by atoms with van der Waals surface area (Å²) in [4.78, 5) is 18.6. The lowest BCUT2D eigenvalue weighted by Gasteiger charge is -2.11. The van der Waals surface area contributed by atoms with Crippen LogP contribution in [0.5, 0.6) is 5.75 Å². The Morgan fingerprint density at radius 2 is 2.00 bits per heavy atom. The van der Waals surface area contributed by atoms with E-state index >= 15 is 0 Å². The third-order valence-electron chi connectivity index (χ3n) is 4.82. The van der Waals surface area contributed by atoms with Gasteiger partial charge in [-0.2, -0.15) is 0 Å². The van der Waals surface area contributed by atoms with Crippen molar-refractivity contribution in [2.45, 2.75) is 20.4 Å². The van der Waals surface area contributed by atoms with Crippen molar-refractivity contribution in [3.05, 3.63) is 81.0 Å². The fraction of sp³-hybridized carbons (Fsp3) is 0.182. The number of aryl methyl sites for hydroxylation is 2.